The minimum Gasteiger partial charge on any atom is -0.494 e. The molecule has 0 spiro atoms. The molecule has 1 aliphatic rings. The van der Waals surface area contributed by atoms with Crippen molar-refractivity contribution in [1.29, 1.82) is 0 Å². The van der Waals surface area contributed by atoms with E-state index in [0.717, 1.165) is 59.4 Å². The highest BCUT2D eigenvalue weighted by atomic mass is 32.1. The summed E-state index contributed by atoms with van der Waals surface area (Å²) in [7, 11) is 1.63. The summed E-state index contributed by atoms with van der Waals surface area (Å²) in [6.07, 6.45) is 1.47. The van der Waals surface area contributed by atoms with E-state index in [1.165, 1.54) is 11.3 Å². The normalized spacial score (nSPS) is 14.9. The Kier molecular flexibility index (Phi) is 6.58. The maximum atomic E-state index is 12.9. The quantitative estimate of drug-likeness (QED) is 0.404. The van der Waals surface area contributed by atoms with Gasteiger partial charge in [-0.3, -0.25) is 15.0 Å². The molecule has 34 heavy (non-hydrogen) atoms. The van der Waals surface area contributed by atoms with Gasteiger partial charge in [0.15, 0.2) is 5.13 Å². The third-order valence-corrected chi connectivity index (χ3v) is 7.22. The lowest BCUT2D eigenvalue weighted by Gasteiger charge is -2.29. The van der Waals surface area contributed by atoms with Crippen molar-refractivity contribution in [2.24, 2.45) is 0 Å². The Morgan fingerprint density at radius 3 is 2.53 bits per heavy atom. The number of anilines is 1. The molecule has 6 nitrogen and oxygen atoms in total. The molecule has 0 bridgehead atoms. The summed E-state index contributed by atoms with van der Waals surface area (Å²) in [6, 6.07) is 21.8. The van der Waals surface area contributed by atoms with Crippen molar-refractivity contribution in [2.75, 3.05) is 25.5 Å². The van der Waals surface area contributed by atoms with E-state index in [4.69, 9.17) is 4.74 Å². The van der Waals surface area contributed by atoms with Crippen LogP contribution in [0.4, 0.5) is 5.13 Å². The van der Waals surface area contributed by atoms with Gasteiger partial charge in [-0.1, -0.05) is 53.8 Å². The van der Waals surface area contributed by atoms with E-state index < -0.39 is 0 Å². The first-order chi connectivity index (χ1) is 16.6. The lowest BCUT2D eigenvalue weighted by molar-refractivity contribution is 0.0792. The maximum absolute atomic E-state index is 12.9. The van der Waals surface area contributed by atoms with Crippen LogP contribution in [0.3, 0.4) is 0 Å². The van der Waals surface area contributed by atoms with E-state index in [1.807, 2.05) is 54.6 Å². The highest BCUT2D eigenvalue weighted by Crippen LogP contribution is 2.39. The average molecular weight is 474 g/mol. The van der Waals surface area contributed by atoms with Crippen molar-refractivity contribution in [3.8, 4) is 16.9 Å². The molecule has 4 aromatic rings. The van der Waals surface area contributed by atoms with Gasteiger partial charge in [0.2, 0.25) is 0 Å². The van der Waals surface area contributed by atoms with Crippen molar-refractivity contribution >= 4 is 32.6 Å². The number of fused-ring (bicyclic) bond motifs is 1. The second-order valence-electron chi connectivity index (χ2n) is 8.54. The molecule has 0 radical (unpaired) electrons. The topological polar surface area (TPSA) is 74.7 Å². The van der Waals surface area contributed by atoms with Gasteiger partial charge in [-0.2, -0.15) is 0 Å². The van der Waals surface area contributed by atoms with Crippen LogP contribution in [0.2, 0.25) is 0 Å². The molecule has 1 aliphatic heterocycles. The number of carbonyl (C=O) groups is 1. The number of aliphatic hydroxyl groups is 1. The summed E-state index contributed by atoms with van der Waals surface area (Å²) in [6.45, 7) is 2.62. The van der Waals surface area contributed by atoms with Crippen molar-refractivity contribution in [2.45, 2.75) is 25.5 Å². The van der Waals surface area contributed by atoms with E-state index in [-0.39, 0.29) is 12.0 Å². The minimum absolute atomic E-state index is 0.173. The third-order valence-electron chi connectivity index (χ3n) is 6.21. The van der Waals surface area contributed by atoms with E-state index >= 15 is 0 Å². The van der Waals surface area contributed by atoms with E-state index in [0.29, 0.717) is 16.4 Å². The van der Waals surface area contributed by atoms with Crippen LogP contribution >= 0.6 is 11.3 Å². The fourth-order valence-corrected chi connectivity index (χ4v) is 5.33. The number of aromatic nitrogens is 1. The summed E-state index contributed by atoms with van der Waals surface area (Å²) < 4.78 is 6.49. The number of thiazole rings is 1. The predicted molar refractivity (Wildman–Crippen MR) is 137 cm³/mol. The summed E-state index contributed by atoms with van der Waals surface area (Å²) in [5, 5.41) is 13.2. The van der Waals surface area contributed by atoms with Crippen LogP contribution in [0.5, 0.6) is 5.75 Å². The van der Waals surface area contributed by atoms with Crippen molar-refractivity contribution < 1.29 is 14.6 Å². The summed E-state index contributed by atoms with van der Waals surface area (Å²) in [5.74, 6) is 0.493. The zero-order chi connectivity index (χ0) is 23.5. The SMILES string of the molecule is COc1ccc(-c2ccccc2)c2sc(NC(=O)c3ccc(CN4CCC(O)CC4)cc3)nc12. The molecule has 1 amide bonds. The van der Waals surface area contributed by atoms with Crippen LogP contribution in [-0.4, -0.2) is 47.2 Å². The van der Waals surface area contributed by atoms with Crippen molar-refractivity contribution in [1.82, 2.24) is 9.88 Å². The number of hydrogen-bond acceptors (Lipinski definition) is 6. The molecule has 7 heteroatoms. The molecule has 174 valence electrons. The molecule has 0 unspecified atom stereocenters. The lowest BCUT2D eigenvalue weighted by Crippen LogP contribution is -2.35. The summed E-state index contributed by atoms with van der Waals surface area (Å²) in [5.41, 5.74) is 4.64. The number of carbonyl (C=O) groups excluding carboxylic acids is 1. The predicted octanol–water partition coefficient (Wildman–Crippen LogP) is 5.18. The number of benzene rings is 3. The number of rotatable bonds is 6. The maximum Gasteiger partial charge on any atom is 0.257 e. The number of methoxy groups -OCH3 is 1. The Balaban J connectivity index is 1.33. The van der Waals surface area contributed by atoms with Gasteiger partial charge in [0.1, 0.15) is 11.3 Å². The fraction of sp³-hybridized carbons (Fsp3) is 0.259. The molecule has 1 saturated heterocycles. The number of amides is 1. The highest BCUT2D eigenvalue weighted by molar-refractivity contribution is 7.23. The fourth-order valence-electron chi connectivity index (χ4n) is 4.31. The summed E-state index contributed by atoms with van der Waals surface area (Å²) >= 11 is 1.45. The van der Waals surface area contributed by atoms with Gasteiger partial charge in [-0.25, -0.2) is 4.98 Å². The van der Waals surface area contributed by atoms with Crippen molar-refractivity contribution in [3.05, 3.63) is 77.9 Å². The number of ether oxygens (including phenoxy) is 1. The van der Waals surface area contributed by atoms with E-state index in [1.54, 1.807) is 7.11 Å². The molecule has 2 heterocycles. The number of piperidine rings is 1. The largest absolute Gasteiger partial charge is 0.494 e. The Morgan fingerprint density at radius 1 is 1.09 bits per heavy atom. The second kappa shape index (κ2) is 9.93. The molecular weight excluding hydrogens is 446 g/mol. The molecule has 0 aliphatic carbocycles. The van der Waals surface area contributed by atoms with Gasteiger partial charge in [-0.15, -0.1) is 0 Å². The van der Waals surface area contributed by atoms with Crippen LogP contribution in [0, 0.1) is 0 Å². The Hall–Kier alpha value is -3.26. The highest BCUT2D eigenvalue weighted by Gasteiger charge is 2.18. The molecular formula is C27H27N3O3S. The molecule has 1 aromatic heterocycles. The molecule has 2 N–H and O–H groups in total. The van der Waals surface area contributed by atoms with Gasteiger partial charge >= 0.3 is 0 Å². The Labute approximate surface area is 202 Å². The molecule has 3 aromatic carbocycles. The number of aliphatic hydroxyl groups excluding tert-OH is 1. The van der Waals surface area contributed by atoms with Crippen LogP contribution in [0.25, 0.3) is 21.3 Å². The third kappa shape index (κ3) is 4.82. The van der Waals surface area contributed by atoms with Gasteiger partial charge in [0.25, 0.3) is 5.91 Å². The van der Waals surface area contributed by atoms with Crippen LogP contribution < -0.4 is 10.1 Å². The van der Waals surface area contributed by atoms with Gasteiger partial charge < -0.3 is 9.84 Å². The minimum atomic E-state index is -0.188. The molecule has 1 fully saturated rings. The summed E-state index contributed by atoms with van der Waals surface area (Å²) in [4.78, 5) is 19.9. The number of hydrogen-bond donors (Lipinski definition) is 2. The van der Waals surface area contributed by atoms with Gasteiger partial charge in [0.05, 0.1) is 17.9 Å². The Morgan fingerprint density at radius 2 is 1.82 bits per heavy atom. The van der Waals surface area contributed by atoms with Crippen molar-refractivity contribution in [3.63, 3.8) is 0 Å². The first kappa shape index (κ1) is 22.5. The van der Waals surface area contributed by atoms with Gasteiger partial charge in [0, 0.05) is 30.8 Å². The van der Waals surface area contributed by atoms with E-state index in [2.05, 4.69) is 27.3 Å². The first-order valence-corrected chi connectivity index (χ1v) is 12.3. The Bertz CT molecular complexity index is 1280. The van der Waals surface area contributed by atoms with Crippen LogP contribution in [0.1, 0.15) is 28.8 Å². The number of nitrogens with one attached hydrogen (secondary N) is 1. The monoisotopic (exact) mass is 473 g/mol. The second-order valence-corrected chi connectivity index (χ2v) is 9.54. The average Bonchev–Trinajstić information content (AvgIpc) is 3.29. The van der Waals surface area contributed by atoms with Gasteiger partial charge in [-0.05, 0) is 48.2 Å². The van der Waals surface area contributed by atoms with E-state index in [9.17, 15) is 9.90 Å². The smallest absolute Gasteiger partial charge is 0.257 e. The zero-order valence-electron chi connectivity index (χ0n) is 19.0. The number of nitrogens with zero attached hydrogens (tertiary/aromatic N) is 2. The standard InChI is InChI=1S/C27H27N3O3S/c1-33-23-12-11-22(19-5-3-2-4-6-19)25-24(23)28-27(34-25)29-26(32)20-9-7-18(8-10-20)17-30-15-13-21(31)14-16-30/h2-12,21,31H,13-17H2,1H3,(H,28,29,32). The first-order valence-electron chi connectivity index (χ1n) is 11.4. The molecule has 0 atom stereocenters. The van der Waals surface area contributed by atoms with Crippen LogP contribution in [0.15, 0.2) is 66.7 Å². The zero-order valence-corrected chi connectivity index (χ0v) is 19.8. The molecule has 0 saturated carbocycles. The van der Waals surface area contributed by atoms with Crippen LogP contribution in [-0.2, 0) is 6.54 Å². The molecule has 5 rings (SSSR count). The lowest BCUT2D eigenvalue weighted by atomic mass is 10.1. The number of likely N-dealkylation sites (tertiary alicyclic amines) is 1.